The van der Waals surface area contributed by atoms with Crippen LogP contribution in [0.5, 0.6) is 5.75 Å². The van der Waals surface area contributed by atoms with Crippen molar-refractivity contribution >= 4 is 17.2 Å². The van der Waals surface area contributed by atoms with Crippen molar-refractivity contribution in [2.24, 2.45) is 0 Å². The zero-order valence-corrected chi connectivity index (χ0v) is 15.5. The standard InChI is InChI=1S/C20H18F2N2O2S/c1-13-2-4-18(5-3-13)26-11-20-24-17(12-27-20)9-19(25)23-10-14-6-15(21)8-16(22)7-14/h2-8,12H,9-11H2,1H3,(H,23,25). The largest absolute Gasteiger partial charge is 0.486 e. The summed E-state index contributed by atoms with van der Waals surface area (Å²) in [6.45, 7) is 2.39. The number of aromatic nitrogens is 1. The van der Waals surface area contributed by atoms with E-state index in [2.05, 4.69) is 10.3 Å². The Bertz CT molecular complexity index is 906. The number of hydrogen-bond acceptors (Lipinski definition) is 4. The fourth-order valence-electron chi connectivity index (χ4n) is 2.42. The molecule has 1 heterocycles. The van der Waals surface area contributed by atoms with Gasteiger partial charge in [-0.2, -0.15) is 0 Å². The zero-order chi connectivity index (χ0) is 19.2. The van der Waals surface area contributed by atoms with Crippen molar-refractivity contribution in [2.75, 3.05) is 0 Å². The maximum Gasteiger partial charge on any atom is 0.226 e. The minimum atomic E-state index is -0.669. The van der Waals surface area contributed by atoms with Crippen LogP contribution in [-0.4, -0.2) is 10.9 Å². The van der Waals surface area contributed by atoms with Gasteiger partial charge in [-0.05, 0) is 36.8 Å². The third-order valence-electron chi connectivity index (χ3n) is 3.74. The molecule has 0 fully saturated rings. The molecule has 4 nitrogen and oxygen atoms in total. The molecule has 0 atom stereocenters. The van der Waals surface area contributed by atoms with E-state index in [1.54, 1.807) is 5.38 Å². The number of ether oxygens (including phenoxy) is 1. The Balaban J connectivity index is 1.48. The molecule has 1 N–H and O–H groups in total. The summed E-state index contributed by atoms with van der Waals surface area (Å²) < 4.78 is 32.0. The highest BCUT2D eigenvalue weighted by molar-refractivity contribution is 7.09. The lowest BCUT2D eigenvalue weighted by atomic mass is 10.2. The highest BCUT2D eigenvalue weighted by Gasteiger charge is 2.09. The molecule has 0 saturated carbocycles. The molecule has 0 saturated heterocycles. The highest BCUT2D eigenvalue weighted by Crippen LogP contribution is 2.16. The van der Waals surface area contributed by atoms with Crippen molar-refractivity contribution in [1.29, 1.82) is 0 Å². The first-order valence-electron chi connectivity index (χ1n) is 8.32. The second-order valence-corrected chi connectivity index (χ2v) is 7.01. The molecular formula is C20H18F2N2O2S. The van der Waals surface area contributed by atoms with Crippen LogP contribution < -0.4 is 10.1 Å². The Labute approximate surface area is 159 Å². The number of hydrogen-bond donors (Lipinski definition) is 1. The second kappa shape index (κ2) is 8.73. The van der Waals surface area contributed by atoms with Crippen LogP contribution in [0.3, 0.4) is 0 Å². The van der Waals surface area contributed by atoms with Gasteiger partial charge in [0.25, 0.3) is 0 Å². The number of nitrogens with zero attached hydrogens (tertiary/aromatic N) is 1. The number of halogens is 2. The molecule has 140 valence electrons. The second-order valence-electron chi connectivity index (χ2n) is 6.07. The van der Waals surface area contributed by atoms with E-state index >= 15 is 0 Å². The third kappa shape index (κ3) is 5.86. The van der Waals surface area contributed by atoms with Gasteiger partial charge in [0, 0.05) is 18.0 Å². The van der Waals surface area contributed by atoms with Crippen molar-refractivity contribution in [3.63, 3.8) is 0 Å². The normalized spacial score (nSPS) is 10.6. The van der Waals surface area contributed by atoms with Gasteiger partial charge in [0.2, 0.25) is 5.91 Å². The quantitative estimate of drug-likeness (QED) is 0.661. The minimum Gasteiger partial charge on any atom is -0.486 e. The summed E-state index contributed by atoms with van der Waals surface area (Å²) in [6, 6.07) is 10.9. The van der Waals surface area contributed by atoms with Gasteiger partial charge < -0.3 is 10.1 Å². The molecule has 0 aliphatic heterocycles. The first-order valence-corrected chi connectivity index (χ1v) is 9.20. The zero-order valence-electron chi connectivity index (χ0n) is 14.7. The average Bonchev–Trinajstić information content (AvgIpc) is 3.06. The third-order valence-corrected chi connectivity index (χ3v) is 4.61. The molecule has 0 unspecified atom stereocenters. The highest BCUT2D eigenvalue weighted by atomic mass is 32.1. The van der Waals surface area contributed by atoms with E-state index in [0.717, 1.165) is 22.4 Å². The fourth-order valence-corrected chi connectivity index (χ4v) is 3.12. The van der Waals surface area contributed by atoms with Gasteiger partial charge in [0.15, 0.2) is 0 Å². The van der Waals surface area contributed by atoms with E-state index in [0.29, 0.717) is 17.9 Å². The van der Waals surface area contributed by atoms with E-state index in [9.17, 15) is 13.6 Å². The molecule has 7 heteroatoms. The summed E-state index contributed by atoms with van der Waals surface area (Å²) in [7, 11) is 0. The Hall–Kier alpha value is -2.80. The Kier molecular flexibility index (Phi) is 6.13. The molecule has 1 aromatic heterocycles. The summed E-state index contributed by atoms with van der Waals surface area (Å²) in [4.78, 5) is 16.4. The van der Waals surface area contributed by atoms with Gasteiger partial charge in [-0.1, -0.05) is 17.7 Å². The van der Waals surface area contributed by atoms with Crippen LogP contribution in [0.25, 0.3) is 0 Å². The lowest BCUT2D eigenvalue weighted by molar-refractivity contribution is -0.120. The summed E-state index contributed by atoms with van der Waals surface area (Å²) in [5.74, 6) is -0.845. The molecule has 2 aromatic carbocycles. The van der Waals surface area contributed by atoms with Gasteiger partial charge in [-0.25, -0.2) is 13.8 Å². The smallest absolute Gasteiger partial charge is 0.226 e. The predicted molar refractivity (Wildman–Crippen MR) is 99.5 cm³/mol. The lowest BCUT2D eigenvalue weighted by Crippen LogP contribution is -2.24. The Morgan fingerprint density at radius 3 is 2.56 bits per heavy atom. The van der Waals surface area contributed by atoms with Gasteiger partial charge >= 0.3 is 0 Å². The average molecular weight is 388 g/mol. The van der Waals surface area contributed by atoms with E-state index in [1.165, 1.54) is 23.5 Å². The maximum atomic E-state index is 13.1. The van der Waals surface area contributed by atoms with Crippen LogP contribution in [0.1, 0.15) is 21.8 Å². The molecule has 0 radical (unpaired) electrons. The predicted octanol–water partition coefficient (Wildman–Crippen LogP) is 4.17. The summed E-state index contributed by atoms with van der Waals surface area (Å²) in [5.41, 5.74) is 2.16. The first-order chi connectivity index (χ1) is 13.0. The van der Waals surface area contributed by atoms with Gasteiger partial charge in [-0.3, -0.25) is 4.79 Å². The molecule has 3 rings (SSSR count). The first kappa shape index (κ1) is 19.0. The molecule has 0 aliphatic rings. The summed E-state index contributed by atoms with van der Waals surface area (Å²) in [5, 5.41) is 5.21. The molecule has 0 spiro atoms. The number of thiazole rings is 1. The number of rotatable bonds is 7. The molecule has 27 heavy (non-hydrogen) atoms. The lowest BCUT2D eigenvalue weighted by Gasteiger charge is -2.05. The van der Waals surface area contributed by atoms with E-state index in [-0.39, 0.29) is 18.9 Å². The van der Waals surface area contributed by atoms with E-state index < -0.39 is 11.6 Å². The fraction of sp³-hybridized carbons (Fsp3) is 0.200. The monoisotopic (exact) mass is 388 g/mol. The topological polar surface area (TPSA) is 51.2 Å². The molecule has 0 aliphatic carbocycles. The molecular weight excluding hydrogens is 370 g/mol. The van der Waals surface area contributed by atoms with Crippen molar-refractivity contribution < 1.29 is 18.3 Å². The van der Waals surface area contributed by atoms with Gasteiger partial charge in [0.1, 0.15) is 29.0 Å². The van der Waals surface area contributed by atoms with E-state index in [4.69, 9.17) is 4.74 Å². The summed E-state index contributed by atoms with van der Waals surface area (Å²) >= 11 is 1.42. The summed E-state index contributed by atoms with van der Waals surface area (Å²) in [6.07, 6.45) is 0.0961. The van der Waals surface area contributed by atoms with Crippen LogP contribution in [0, 0.1) is 18.6 Å². The maximum absolute atomic E-state index is 13.1. The van der Waals surface area contributed by atoms with Crippen molar-refractivity contribution in [1.82, 2.24) is 10.3 Å². The number of nitrogens with one attached hydrogen (secondary N) is 1. The van der Waals surface area contributed by atoms with Crippen LogP contribution in [0.4, 0.5) is 8.78 Å². The van der Waals surface area contributed by atoms with Crippen molar-refractivity contribution in [2.45, 2.75) is 26.5 Å². The van der Waals surface area contributed by atoms with Crippen LogP contribution in [0.2, 0.25) is 0 Å². The van der Waals surface area contributed by atoms with Crippen molar-refractivity contribution in [3.05, 3.63) is 81.3 Å². The van der Waals surface area contributed by atoms with Crippen LogP contribution in [-0.2, 0) is 24.4 Å². The number of benzene rings is 2. The van der Waals surface area contributed by atoms with Crippen molar-refractivity contribution in [3.8, 4) is 5.75 Å². The Morgan fingerprint density at radius 2 is 1.85 bits per heavy atom. The number of amides is 1. The Morgan fingerprint density at radius 1 is 1.15 bits per heavy atom. The number of aryl methyl sites for hydroxylation is 1. The molecule has 3 aromatic rings. The van der Waals surface area contributed by atoms with Crippen LogP contribution in [0.15, 0.2) is 47.8 Å². The number of carbonyl (C=O) groups excluding carboxylic acids is 1. The molecule has 0 bridgehead atoms. The van der Waals surface area contributed by atoms with Gasteiger partial charge in [-0.15, -0.1) is 11.3 Å². The molecule has 1 amide bonds. The number of carbonyl (C=O) groups is 1. The minimum absolute atomic E-state index is 0.0566. The SMILES string of the molecule is Cc1ccc(OCc2nc(CC(=O)NCc3cc(F)cc(F)c3)cs2)cc1. The van der Waals surface area contributed by atoms with Gasteiger partial charge in [0.05, 0.1) is 12.1 Å². The van der Waals surface area contributed by atoms with Crippen LogP contribution >= 0.6 is 11.3 Å². The van der Waals surface area contributed by atoms with E-state index in [1.807, 2.05) is 31.2 Å².